The Morgan fingerprint density at radius 2 is 1.79 bits per heavy atom. The Morgan fingerprint density at radius 3 is 2.29 bits per heavy atom. The molecule has 0 aromatic heterocycles. The van der Waals surface area contributed by atoms with Crippen LogP contribution in [0.1, 0.15) is 19.3 Å². The van der Waals surface area contributed by atoms with Gasteiger partial charge in [0, 0.05) is 6.42 Å². The maximum Gasteiger partial charge on any atom is 0.150 e. The second kappa shape index (κ2) is 6.80. The Labute approximate surface area is 86.4 Å². The fraction of sp³-hybridized carbons (Fsp3) is 0.889. The van der Waals surface area contributed by atoms with Crippen molar-refractivity contribution in [3.8, 4) is 6.07 Å². The lowest BCUT2D eigenvalue weighted by atomic mass is 10.4. The van der Waals surface area contributed by atoms with Gasteiger partial charge in [-0.2, -0.15) is 5.26 Å². The van der Waals surface area contributed by atoms with E-state index in [4.69, 9.17) is 5.26 Å². The highest BCUT2D eigenvalue weighted by molar-refractivity contribution is 7.91. The highest BCUT2D eigenvalue weighted by Gasteiger charge is 2.09. The summed E-state index contributed by atoms with van der Waals surface area (Å²) in [5, 5.41) is 8.26. The molecule has 82 valence electrons. The molecule has 0 radical (unpaired) electrons. The minimum Gasteiger partial charge on any atom is -0.309 e. The first-order valence-electron chi connectivity index (χ1n) is 4.70. The number of unbranched alkanes of at least 4 members (excludes halogenated alkanes) is 1. The zero-order chi connectivity index (χ0) is 11.0. The maximum atomic E-state index is 11.4. The summed E-state index contributed by atoms with van der Waals surface area (Å²) in [5.74, 6) is 0.380. The number of nitrogens with zero attached hydrogens (tertiary/aromatic N) is 2. The van der Waals surface area contributed by atoms with Gasteiger partial charge in [0.05, 0.1) is 17.6 Å². The van der Waals surface area contributed by atoms with Crippen LogP contribution in [0.25, 0.3) is 0 Å². The lowest BCUT2D eigenvalue weighted by Gasteiger charge is -2.08. The van der Waals surface area contributed by atoms with Crippen molar-refractivity contribution in [2.24, 2.45) is 0 Å². The molecule has 0 aliphatic heterocycles. The van der Waals surface area contributed by atoms with Crippen molar-refractivity contribution in [3.05, 3.63) is 0 Å². The third-order valence-electron chi connectivity index (χ3n) is 1.80. The molecule has 0 unspecified atom stereocenters. The van der Waals surface area contributed by atoms with Crippen LogP contribution < -0.4 is 0 Å². The number of rotatable bonds is 7. The molecule has 0 fully saturated rings. The molecule has 0 atom stereocenters. The summed E-state index contributed by atoms with van der Waals surface area (Å²) in [7, 11) is 0.911. The quantitative estimate of drug-likeness (QED) is 0.589. The molecule has 0 rings (SSSR count). The zero-order valence-corrected chi connectivity index (χ0v) is 9.68. The molecule has 0 aliphatic rings. The van der Waals surface area contributed by atoms with Crippen LogP contribution in [0.4, 0.5) is 0 Å². The predicted molar refractivity (Wildman–Crippen MR) is 56.7 cm³/mol. The van der Waals surface area contributed by atoms with Crippen molar-refractivity contribution in [1.29, 1.82) is 5.26 Å². The van der Waals surface area contributed by atoms with E-state index in [0.717, 1.165) is 6.54 Å². The summed E-state index contributed by atoms with van der Waals surface area (Å²) < 4.78 is 22.7. The first-order chi connectivity index (χ1) is 6.48. The van der Waals surface area contributed by atoms with E-state index in [1.807, 2.05) is 25.1 Å². The van der Waals surface area contributed by atoms with E-state index in [9.17, 15) is 8.42 Å². The van der Waals surface area contributed by atoms with Crippen LogP contribution in [0.2, 0.25) is 0 Å². The molecule has 14 heavy (non-hydrogen) atoms. The Bertz CT molecular complexity index is 278. The second-order valence-electron chi connectivity index (χ2n) is 3.57. The lowest BCUT2D eigenvalue weighted by Crippen LogP contribution is -2.18. The Kier molecular flexibility index (Phi) is 6.50. The van der Waals surface area contributed by atoms with Crippen molar-refractivity contribution < 1.29 is 8.42 Å². The van der Waals surface area contributed by atoms with E-state index in [0.29, 0.717) is 19.3 Å². The first-order valence-corrected chi connectivity index (χ1v) is 6.52. The minimum absolute atomic E-state index is 0.147. The van der Waals surface area contributed by atoms with Crippen LogP contribution in [-0.2, 0) is 9.84 Å². The standard InChI is InChI=1S/C9H18N2O2S/c1-11(2)7-5-9-14(12,13)8-4-3-6-10/h3-5,7-9H2,1-2H3. The smallest absolute Gasteiger partial charge is 0.150 e. The summed E-state index contributed by atoms with van der Waals surface area (Å²) >= 11 is 0. The molecule has 0 aromatic carbocycles. The monoisotopic (exact) mass is 218 g/mol. The summed E-state index contributed by atoms with van der Waals surface area (Å²) in [6, 6.07) is 1.94. The predicted octanol–water partition coefficient (Wildman–Crippen LogP) is 0.657. The van der Waals surface area contributed by atoms with Gasteiger partial charge >= 0.3 is 0 Å². The molecule has 0 aromatic rings. The van der Waals surface area contributed by atoms with Crippen molar-refractivity contribution in [2.45, 2.75) is 19.3 Å². The van der Waals surface area contributed by atoms with Gasteiger partial charge in [-0.1, -0.05) is 0 Å². The minimum atomic E-state index is -2.93. The molecule has 0 heterocycles. The molecule has 4 nitrogen and oxygen atoms in total. The molecule has 0 N–H and O–H groups in total. The van der Waals surface area contributed by atoms with E-state index in [1.165, 1.54) is 0 Å². The highest BCUT2D eigenvalue weighted by atomic mass is 32.2. The second-order valence-corrected chi connectivity index (χ2v) is 5.87. The van der Waals surface area contributed by atoms with E-state index in [1.54, 1.807) is 0 Å². The molecular formula is C9H18N2O2S. The number of hydrogen-bond donors (Lipinski definition) is 0. The van der Waals surface area contributed by atoms with Crippen LogP contribution in [-0.4, -0.2) is 45.5 Å². The molecule has 0 saturated carbocycles. The van der Waals surface area contributed by atoms with E-state index in [2.05, 4.69) is 0 Å². The maximum absolute atomic E-state index is 11.4. The molecule has 5 heteroatoms. The van der Waals surface area contributed by atoms with Crippen LogP contribution in [0.5, 0.6) is 0 Å². The van der Waals surface area contributed by atoms with Crippen LogP contribution >= 0.6 is 0 Å². The third kappa shape index (κ3) is 8.02. The molecule has 0 saturated heterocycles. The average molecular weight is 218 g/mol. The SMILES string of the molecule is CN(C)CCCS(=O)(=O)CCCC#N. The van der Waals surface area contributed by atoms with Gasteiger partial charge < -0.3 is 4.90 Å². The van der Waals surface area contributed by atoms with Gasteiger partial charge in [-0.15, -0.1) is 0 Å². The van der Waals surface area contributed by atoms with Gasteiger partial charge in [0.15, 0.2) is 0 Å². The van der Waals surface area contributed by atoms with Gasteiger partial charge in [0.1, 0.15) is 9.84 Å². The van der Waals surface area contributed by atoms with E-state index >= 15 is 0 Å². The topological polar surface area (TPSA) is 61.2 Å². The third-order valence-corrected chi connectivity index (χ3v) is 3.63. The summed E-state index contributed by atoms with van der Waals surface area (Å²) in [5.41, 5.74) is 0. The Balaban J connectivity index is 3.69. The lowest BCUT2D eigenvalue weighted by molar-refractivity contribution is 0.408. The normalized spacial score (nSPS) is 11.6. The van der Waals surface area contributed by atoms with Crippen molar-refractivity contribution in [3.63, 3.8) is 0 Å². The molecule has 0 aliphatic carbocycles. The highest BCUT2D eigenvalue weighted by Crippen LogP contribution is 1.99. The number of nitriles is 1. The summed E-state index contributed by atoms with van der Waals surface area (Å²) in [6.07, 6.45) is 1.45. The van der Waals surface area contributed by atoms with E-state index in [-0.39, 0.29) is 11.5 Å². The van der Waals surface area contributed by atoms with Crippen LogP contribution in [0.15, 0.2) is 0 Å². The zero-order valence-electron chi connectivity index (χ0n) is 8.86. The van der Waals surface area contributed by atoms with Gasteiger partial charge in [0.2, 0.25) is 0 Å². The molecule has 0 bridgehead atoms. The first kappa shape index (κ1) is 13.4. The molecule has 0 amide bonds. The fourth-order valence-corrected chi connectivity index (χ4v) is 2.43. The van der Waals surface area contributed by atoms with Gasteiger partial charge in [-0.3, -0.25) is 0 Å². The number of sulfone groups is 1. The molecule has 0 spiro atoms. The molecular weight excluding hydrogens is 200 g/mol. The summed E-state index contributed by atoms with van der Waals surface area (Å²) in [6.45, 7) is 0.789. The number of hydrogen-bond acceptors (Lipinski definition) is 4. The van der Waals surface area contributed by atoms with Crippen LogP contribution in [0.3, 0.4) is 0 Å². The largest absolute Gasteiger partial charge is 0.309 e. The van der Waals surface area contributed by atoms with E-state index < -0.39 is 9.84 Å². The van der Waals surface area contributed by atoms with Gasteiger partial charge in [-0.25, -0.2) is 8.42 Å². The van der Waals surface area contributed by atoms with Gasteiger partial charge in [0.25, 0.3) is 0 Å². The van der Waals surface area contributed by atoms with Crippen molar-refractivity contribution in [2.75, 3.05) is 32.1 Å². The fourth-order valence-electron chi connectivity index (χ4n) is 1.07. The Hall–Kier alpha value is -0.600. The van der Waals surface area contributed by atoms with Crippen molar-refractivity contribution >= 4 is 9.84 Å². The van der Waals surface area contributed by atoms with Crippen LogP contribution in [0, 0.1) is 11.3 Å². The average Bonchev–Trinajstić information content (AvgIpc) is 2.03. The van der Waals surface area contributed by atoms with Crippen molar-refractivity contribution in [1.82, 2.24) is 4.90 Å². The van der Waals surface area contributed by atoms with Gasteiger partial charge in [-0.05, 0) is 33.5 Å². The Morgan fingerprint density at radius 1 is 1.21 bits per heavy atom. The summed E-state index contributed by atoms with van der Waals surface area (Å²) in [4.78, 5) is 1.96.